The van der Waals surface area contributed by atoms with Crippen LogP contribution in [0.3, 0.4) is 0 Å². The third-order valence-electron chi connectivity index (χ3n) is 6.45. The molecule has 0 saturated carbocycles. The maximum atomic E-state index is 13.8. The van der Waals surface area contributed by atoms with Gasteiger partial charge in [0.25, 0.3) is 5.91 Å². The second-order valence-electron chi connectivity index (χ2n) is 9.28. The number of amides is 1. The second-order valence-corrected chi connectivity index (χ2v) is 9.28. The van der Waals surface area contributed by atoms with Crippen LogP contribution in [0.25, 0.3) is 11.4 Å². The Bertz CT molecular complexity index is 1490. The second kappa shape index (κ2) is 9.81. The van der Waals surface area contributed by atoms with Gasteiger partial charge in [0.2, 0.25) is 5.95 Å². The van der Waals surface area contributed by atoms with Crippen LogP contribution in [0.5, 0.6) is 5.75 Å². The molecule has 1 aromatic heterocycles. The molecule has 0 radical (unpaired) electrons. The molecule has 1 atom stereocenters. The molecule has 1 aliphatic rings. The van der Waals surface area contributed by atoms with Crippen molar-refractivity contribution < 1.29 is 9.53 Å². The minimum atomic E-state index is -0.465. The molecule has 5 rings (SSSR count). The van der Waals surface area contributed by atoms with Crippen molar-refractivity contribution in [1.82, 2.24) is 14.8 Å². The van der Waals surface area contributed by atoms with Crippen LogP contribution in [0.1, 0.15) is 24.1 Å². The summed E-state index contributed by atoms with van der Waals surface area (Å²) >= 11 is 0. The molecule has 1 unspecified atom stereocenters. The number of para-hydroxylation sites is 2. The number of methoxy groups -OCH3 is 1. The molecule has 8 nitrogen and oxygen atoms in total. The molecule has 1 aliphatic heterocycles. The summed E-state index contributed by atoms with van der Waals surface area (Å²) in [6.45, 7) is 3.93. The van der Waals surface area contributed by atoms with E-state index in [4.69, 9.17) is 14.8 Å². The number of nitrogens with zero attached hydrogens (tertiary/aromatic N) is 4. The average molecular weight is 495 g/mol. The van der Waals surface area contributed by atoms with E-state index in [0.717, 1.165) is 22.4 Å². The topological polar surface area (TPSA) is 84.3 Å². The molecule has 0 fully saturated rings. The fourth-order valence-electron chi connectivity index (χ4n) is 4.56. The Balaban J connectivity index is 1.58. The summed E-state index contributed by atoms with van der Waals surface area (Å²) in [6.07, 6.45) is 0. The summed E-state index contributed by atoms with van der Waals surface area (Å²) in [5.74, 6) is 1.53. The number of ether oxygens (including phenoxy) is 1. The molecule has 1 amide bonds. The van der Waals surface area contributed by atoms with Gasteiger partial charge in [-0.15, -0.1) is 5.10 Å². The third kappa shape index (κ3) is 4.65. The Morgan fingerprint density at radius 1 is 1.03 bits per heavy atom. The van der Waals surface area contributed by atoms with Gasteiger partial charge in [-0.25, -0.2) is 4.68 Å². The lowest BCUT2D eigenvalue weighted by molar-refractivity contribution is -0.113. The Hall–Kier alpha value is -4.59. The van der Waals surface area contributed by atoms with E-state index in [0.29, 0.717) is 34.5 Å². The number of hydrogen-bond donors (Lipinski definition) is 2. The fourth-order valence-corrected chi connectivity index (χ4v) is 4.56. The number of allylic oxidation sites excluding steroid dienone is 1. The fraction of sp³-hybridized carbons (Fsp3) is 0.207. The number of aromatic nitrogens is 3. The van der Waals surface area contributed by atoms with Gasteiger partial charge in [0, 0.05) is 31.0 Å². The van der Waals surface area contributed by atoms with Crippen molar-refractivity contribution in [3.8, 4) is 17.1 Å². The van der Waals surface area contributed by atoms with Crippen molar-refractivity contribution >= 4 is 23.2 Å². The SMILES string of the molecule is COc1ccccc1NC(=O)C1=C(C)Nc2nc(-c3ccc(N(C)C)cc3)nn2C1c1cccc(C)c1. The number of rotatable bonds is 6. The van der Waals surface area contributed by atoms with Gasteiger partial charge in [0.15, 0.2) is 5.82 Å². The van der Waals surface area contributed by atoms with Crippen LogP contribution in [0, 0.1) is 6.92 Å². The van der Waals surface area contributed by atoms with Gasteiger partial charge in [-0.05, 0) is 55.8 Å². The van der Waals surface area contributed by atoms with Crippen LogP contribution in [-0.4, -0.2) is 41.9 Å². The molecule has 0 saturated heterocycles. The summed E-state index contributed by atoms with van der Waals surface area (Å²) in [4.78, 5) is 20.6. The predicted molar refractivity (Wildman–Crippen MR) is 147 cm³/mol. The van der Waals surface area contributed by atoms with E-state index < -0.39 is 6.04 Å². The lowest BCUT2D eigenvalue weighted by atomic mass is 9.94. The van der Waals surface area contributed by atoms with Gasteiger partial charge >= 0.3 is 0 Å². The van der Waals surface area contributed by atoms with E-state index in [9.17, 15) is 4.79 Å². The van der Waals surface area contributed by atoms with Crippen LogP contribution in [0.4, 0.5) is 17.3 Å². The van der Waals surface area contributed by atoms with Crippen LogP contribution in [0.2, 0.25) is 0 Å². The highest BCUT2D eigenvalue weighted by molar-refractivity contribution is 6.06. The number of hydrogen-bond acceptors (Lipinski definition) is 6. The zero-order valence-corrected chi connectivity index (χ0v) is 21.6. The van der Waals surface area contributed by atoms with Crippen LogP contribution < -0.4 is 20.3 Å². The summed E-state index contributed by atoms with van der Waals surface area (Å²) in [6, 6.07) is 23.1. The molecule has 4 aromatic rings. The number of benzene rings is 3. The van der Waals surface area contributed by atoms with Crippen molar-refractivity contribution in [2.45, 2.75) is 19.9 Å². The molecule has 8 heteroatoms. The normalized spacial score (nSPS) is 14.6. The monoisotopic (exact) mass is 494 g/mol. The molecular weight excluding hydrogens is 464 g/mol. The molecule has 37 heavy (non-hydrogen) atoms. The van der Waals surface area contributed by atoms with Crippen molar-refractivity contribution in [2.24, 2.45) is 0 Å². The number of aryl methyl sites for hydroxylation is 1. The van der Waals surface area contributed by atoms with Crippen molar-refractivity contribution in [3.05, 3.63) is 95.2 Å². The molecule has 0 spiro atoms. The first-order chi connectivity index (χ1) is 17.9. The van der Waals surface area contributed by atoms with E-state index in [1.165, 1.54) is 0 Å². The first kappa shape index (κ1) is 24.1. The van der Waals surface area contributed by atoms with E-state index >= 15 is 0 Å². The largest absolute Gasteiger partial charge is 0.495 e. The Morgan fingerprint density at radius 3 is 2.49 bits per heavy atom. The molecule has 3 aromatic carbocycles. The molecule has 2 N–H and O–H groups in total. The Labute approximate surface area is 216 Å². The summed E-state index contributed by atoms with van der Waals surface area (Å²) in [7, 11) is 5.59. The third-order valence-corrected chi connectivity index (χ3v) is 6.45. The van der Waals surface area contributed by atoms with Gasteiger partial charge in [-0.2, -0.15) is 4.98 Å². The van der Waals surface area contributed by atoms with Gasteiger partial charge in [0.05, 0.1) is 18.4 Å². The number of fused-ring (bicyclic) bond motifs is 1. The number of anilines is 3. The standard InChI is InChI=1S/C29H30N6O2/c1-18-9-8-10-21(17-18)26-25(28(36)31-23-11-6-7-12-24(23)37-5)19(2)30-29-32-27(33-35(26)29)20-13-15-22(16-14-20)34(3)4/h6-17,26H,1-5H3,(H,31,36)(H,30,32,33). The molecule has 188 valence electrons. The highest BCUT2D eigenvalue weighted by Gasteiger charge is 2.34. The first-order valence-electron chi connectivity index (χ1n) is 12.1. The van der Waals surface area contributed by atoms with Gasteiger partial charge in [-0.1, -0.05) is 42.0 Å². The number of carbonyl (C=O) groups is 1. The van der Waals surface area contributed by atoms with Crippen molar-refractivity contribution in [2.75, 3.05) is 36.7 Å². The molecule has 0 aliphatic carbocycles. The van der Waals surface area contributed by atoms with Gasteiger partial charge < -0.3 is 20.3 Å². The van der Waals surface area contributed by atoms with E-state index in [1.54, 1.807) is 11.8 Å². The maximum Gasteiger partial charge on any atom is 0.255 e. The van der Waals surface area contributed by atoms with E-state index in [2.05, 4.69) is 16.7 Å². The highest BCUT2D eigenvalue weighted by atomic mass is 16.5. The zero-order valence-electron chi connectivity index (χ0n) is 21.6. The number of carbonyl (C=O) groups excluding carboxylic acids is 1. The predicted octanol–water partition coefficient (Wildman–Crippen LogP) is 5.26. The van der Waals surface area contributed by atoms with Crippen molar-refractivity contribution in [1.29, 1.82) is 0 Å². The zero-order chi connectivity index (χ0) is 26.1. The maximum absolute atomic E-state index is 13.8. The quantitative estimate of drug-likeness (QED) is 0.381. The highest BCUT2D eigenvalue weighted by Crippen LogP contribution is 2.37. The van der Waals surface area contributed by atoms with Crippen LogP contribution in [0.15, 0.2) is 84.1 Å². The van der Waals surface area contributed by atoms with Crippen LogP contribution >= 0.6 is 0 Å². The van der Waals surface area contributed by atoms with E-state index in [-0.39, 0.29) is 5.91 Å². The van der Waals surface area contributed by atoms with Gasteiger partial charge in [0.1, 0.15) is 11.8 Å². The molecular formula is C29H30N6O2. The Kier molecular flexibility index (Phi) is 6.40. The number of nitrogens with one attached hydrogen (secondary N) is 2. The lowest BCUT2D eigenvalue weighted by Crippen LogP contribution is -2.31. The summed E-state index contributed by atoms with van der Waals surface area (Å²) in [5, 5.41) is 11.2. The smallest absolute Gasteiger partial charge is 0.255 e. The first-order valence-corrected chi connectivity index (χ1v) is 12.1. The minimum Gasteiger partial charge on any atom is -0.495 e. The van der Waals surface area contributed by atoms with Gasteiger partial charge in [-0.3, -0.25) is 4.79 Å². The van der Waals surface area contributed by atoms with Crippen LogP contribution in [-0.2, 0) is 4.79 Å². The lowest BCUT2D eigenvalue weighted by Gasteiger charge is -2.29. The Morgan fingerprint density at radius 2 is 1.78 bits per heavy atom. The average Bonchev–Trinajstić information content (AvgIpc) is 3.31. The summed E-state index contributed by atoms with van der Waals surface area (Å²) < 4.78 is 7.24. The van der Waals surface area contributed by atoms with E-state index in [1.807, 2.05) is 99.6 Å². The molecule has 2 heterocycles. The van der Waals surface area contributed by atoms with Crippen molar-refractivity contribution in [3.63, 3.8) is 0 Å². The summed E-state index contributed by atoms with van der Waals surface area (Å²) in [5.41, 5.74) is 5.92. The molecule has 0 bridgehead atoms. The minimum absolute atomic E-state index is 0.237.